The Morgan fingerprint density at radius 3 is 2.20 bits per heavy atom. The molecule has 4 rings (SSSR count). The van der Waals surface area contributed by atoms with E-state index in [2.05, 4.69) is 5.32 Å². The molecular weight excluding hydrogens is 669 g/mol. The molecule has 1 amide bonds. The van der Waals surface area contributed by atoms with Crippen LogP contribution in [0.15, 0.2) is 54.6 Å². The van der Waals surface area contributed by atoms with Crippen LogP contribution in [0, 0.1) is 17.6 Å². The molecular formula is C29H18Cl3F8NO3. The fourth-order valence-electron chi connectivity index (χ4n) is 4.71. The van der Waals surface area contributed by atoms with Crippen LogP contribution in [-0.4, -0.2) is 28.0 Å². The zero-order chi connectivity index (χ0) is 32.8. The van der Waals surface area contributed by atoms with E-state index in [4.69, 9.17) is 34.8 Å². The van der Waals surface area contributed by atoms with Gasteiger partial charge in [0.1, 0.15) is 28.2 Å². The molecule has 0 saturated heterocycles. The molecule has 0 heterocycles. The van der Waals surface area contributed by atoms with Gasteiger partial charge in [-0.05, 0) is 41.5 Å². The highest BCUT2D eigenvalue weighted by Gasteiger charge is 2.67. The van der Waals surface area contributed by atoms with E-state index in [-0.39, 0.29) is 21.8 Å². The Morgan fingerprint density at radius 1 is 0.886 bits per heavy atom. The van der Waals surface area contributed by atoms with Crippen molar-refractivity contribution in [3.8, 4) is 0 Å². The molecule has 0 unspecified atom stereocenters. The van der Waals surface area contributed by atoms with Gasteiger partial charge in [0.05, 0.1) is 16.5 Å². The smallest absolute Gasteiger partial charge is 0.326 e. The highest BCUT2D eigenvalue weighted by atomic mass is 35.5. The normalized spacial score (nSPS) is 17.7. The average molecular weight is 687 g/mol. The summed E-state index contributed by atoms with van der Waals surface area (Å²) >= 11 is 18.6. The van der Waals surface area contributed by atoms with Gasteiger partial charge >= 0.3 is 12.4 Å². The van der Waals surface area contributed by atoms with Gasteiger partial charge in [-0.1, -0.05) is 35.9 Å². The highest BCUT2D eigenvalue weighted by Crippen LogP contribution is 2.65. The van der Waals surface area contributed by atoms with Crippen molar-refractivity contribution in [2.75, 3.05) is 5.32 Å². The minimum absolute atomic E-state index is 0.000380. The lowest BCUT2D eigenvalue weighted by Gasteiger charge is -2.12. The first-order chi connectivity index (χ1) is 20.3. The molecule has 44 heavy (non-hydrogen) atoms. The lowest BCUT2D eigenvalue weighted by molar-refractivity contribution is -0.152. The number of carbonyl (C=O) groups is 3. The third kappa shape index (κ3) is 7.52. The van der Waals surface area contributed by atoms with Crippen LogP contribution in [0.3, 0.4) is 0 Å². The van der Waals surface area contributed by atoms with Crippen molar-refractivity contribution in [1.82, 2.24) is 0 Å². The zero-order valence-corrected chi connectivity index (χ0v) is 24.1. The fraction of sp³-hybridized carbons (Fsp3) is 0.276. The Bertz CT molecular complexity index is 1640. The van der Waals surface area contributed by atoms with Crippen LogP contribution in [-0.2, 0) is 28.6 Å². The third-order valence-corrected chi connectivity index (χ3v) is 8.10. The summed E-state index contributed by atoms with van der Waals surface area (Å²) in [5.74, 6) is -7.89. The molecule has 234 valence electrons. The SMILES string of the molecule is O=C(Cc1c(F)ccc(CC(=O)c2cc(NC(=O)[C@H]3[C@H](c4cccc(C(F)(F)F)c4)C3(Cl)Cl)ccc2Cl)c1F)CC(F)(F)F. The summed E-state index contributed by atoms with van der Waals surface area (Å²) in [7, 11) is 0. The molecule has 15 heteroatoms. The minimum Gasteiger partial charge on any atom is -0.326 e. The van der Waals surface area contributed by atoms with Gasteiger partial charge in [0, 0.05) is 35.6 Å². The van der Waals surface area contributed by atoms with Crippen molar-refractivity contribution in [1.29, 1.82) is 0 Å². The Hall–Kier alpha value is -3.22. The van der Waals surface area contributed by atoms with Crippen LogP contribution in [0.25, 0.3) is 0 Å². The maximum atomic E-state index is 15.0. The average Bonchev–Trinajstić information content (AvgIpc) is 3.49. The number of nitrogens with one attached hydrogen (secondary N) is 1. The van der Waals surface area contributed by atoms with Crippen LogP contribution >= 0.6 is 34.8 Å². The van der Waals surface area contributed by atoms with Crippen LogP contribution in [0.2, 0.25) is 5.02 Å². The largest absolute Gasteiger partial charge is 0.416 e. The summed E-state index contributed by atoms with van der Waals surface area (Å²) in [4.78, 5) is 37.7. The van der Waals surface area contributed by atoms with Gasteiger partial charge in [0.25, 0.3) is 0 Å². The van der Waals surface area contributed by atoms with Gasteiger partial charge in [-0.25, -0.2) is 8.78 Å². The summed E-state index contributed by atoms with van der Waals surface area (Å²) in [6.07, 6.45) is -13.3. The van der Waals surface area contributed by atoms with E-state index in [0.717, 1.165) is 30.3 Å². The molecule has 0 aliphatic heterocycles. The summed E-state index contributed by atoms with van der Waals surface area (Å²) < 4.78 is 104. The summed E-state index contributed by atoms with van der Waals surface area (Å²) in [5.41, 5.74) is -2.45. The Labute approximate surface area is 259 Å². The number of carbonyl (C=O) groups excluding carboxylic acids is 3. The van der Waals surface area contributed by atoms with E-state index < -0.39 is 93.6 Å². The van der Waals surface area contributed by atoms with Gasteiger partial charge in [-0.15, -0.1) is 23.2 Å². The number of hydrogen-bond donors (Lipinski definition) is 1. The van der Waals surface area contributed by atoms with Crippen molar-refractivity contribution in [2.24, 2.45) is 5.92 Å². The summed E-state index contributed by atoms with van der Waals surface area (Å²) in [5, 5.41) is 2.33. The number of Topliss-reactive ketones (excluding diaryl/α,β-unsaturated/α-hetero) is 2. The number of halogens is 11. The van der Waals surface area contributed by atoms with Crippen LogP contribution in [0.1, 0.15) is 45.0 Å². The van der Waals surface area contributed by atoms with Crippen molar-refractivity contribution in [3.05, 3.63) is 99.1 Å². The van der Waals surface area contributed by atoms with Gasteiger partial charge in [-0.3, -0.25) is 14.4 Å². The number of amides is 1. The molecule has 1 saturated carbocycles. The first kappa shape index (κ1) is 33.7. The van der Waals surface area contributed by atoms with Crippen molar-refractivity contribution in [3.63, 3.8) is 0 Å². The molecule has 0 bridgehead atoms. The second-order valence-electron chi connectivity index (χ2n) is 10.0. The first-order valence-corrected chi connectivity index (χ1v) is 13.7. The zero-order valence-electron chi connectivity index (χ0n) is 21.9. The molecule has 0 spiro atoms. The molecule has 1 aliphatic rings. The predicted molar refractivity (Wildman–Crippen MR) is 146 cm³/mol. The first-order valence-electron chi connectivity index (χ1n) is 12.5. The summed E-state index contributed by atoms with van der Waals surface area (Å²) in [6.45, 7) is 0. The quantitative estimate of drug-likeness (QED) is 0.139. The maximum Gasteiger partial charge on any atom is 0.416 e. The number of hydrogen-bond acceptors (Lipinski definition) is 3. The molecule has 1 aliphatic carbocycles. The number of rotatable bonds is 9. The molecule has 3 aromatic rings. The van der Waals surface area contributed by atoms with Crippen LogP contribution in [0.5, 0.6) is 0 Å². The van der Waals surface area contributed by atoms with Crippen molar-refractivity contribution >= 4 is 58.0 Å². The molecule has 2 atom stereocenters. The van der Waals surface area contributed by atoms with E-state index in [1.54, 1.807) is 0 Å². The Morgan fingerprint density at radius 2 is 1.57 bits per heavy atom. The Kier molecular flexibility index (Phi) is 9.40. The molecule has 1 N–H and O–H groups in total. The molecule has 1 fully saturated rings. The van der Waals surface area contributed by atoms with Gasteiger partial charge in [0.2, 0.25) is 5.91 Å². The molecule has 4 nitrogen and oxygen atoms in total. The van der Waals surface area contributed by atoms with Crippen LogP contribution in [0.4, 0.5) is 40.8 Å². The maximum absolute atomic E-state index is 15.0. The monoisotopic (exact) mass is 685 g/mol. The second-order valence-corrected chi connectivity index (χ2v) is 11.9. The van der Waals surface area contributed by atoms with E-state index in [0.29, 0.717) is 6.07 Å². The standard InChI is InChI=1S/C29H18Cl3F8NO3/c30-20-6-5-16(41-26(44)24-23(28(24,31)32)13-2-1-3-15(8-13)29(38,39)40)10-18(20)22(43)9-14-4-7-21(33)19(25(14)34)11-17(42)12-27(35,36)37/h1-8,10,23-24H,9,11-12H2,(H,41,44)/t23-,24+/m0/s1. The van der Waals surface area contributed by atoms with E-state index in [1.165, 1.54) is 18.2 Å². The lowest BCUT2D eigenvalue weighted by atomic mass is 9.97. The highest BCUT2D eigenvalue weighted by molar-refractivity contribution is 6.53. The topological polar surface area (TPSA) is 63.2 Å². The predicted octanol–water partition coefficient (Wildman–Crippen LogP) is 8.65. The number of ketones is 2. The summed E-state index contributed by atoms with van der Waals surface area (Å²) in [6, 6.07) is 9.43. The van der Waals surface area contributed by atoms with E-state index in [9.17, 15) is 49.5 Å². The van der Waals surface area contributed by atoms with Gasteiger partial charge < -0.3 is 5.32 Å². The van der Waals surface area contributed by atoms with Crippen molar-refractivity contribution < 1.29 is 49.5 Å². The number of benzene rings is 3. The fourth-order valence-corrected chi connectivity index (χ4v) is 5.76. The molecule has 0 radical (unpaired) electrons. The Balaban J connectivity index is 1.50. The van der Waals surface area contributed by atoms with E-state index in [1.807, 2.05) is 0 Å². The third-order valence-electron chi connectivity index (χ3n) is 6.83. The minimum atomic E-state index is -4.87. The van der Waals surface area contributed by atoms with Crippen molar-refractivity contribution in [2.45, 2.75) is 41.9 Å². The molecule has 3 aromatic carbocycles. The lowest BCUT2D eigenvalue weighted by Crippen LogP contribution is -2.18. The number of alkyl halides is 8. The van der Waals surface area contributed by atoms with Gasteiger partial charge in [-0.2, -0.15) is 26.3 Å². The van der Waals surface area contributed by atoms with Crippen LogP contribution < -0.4 is 5.32 Å². The van der Waals surface area contributed by atoms with Gasteiger partial charge in [0.15, 0.2) is 5.78 Å². The number of anilines is 1. The molecule has 0 aromatic heterocycles. The second kappa shape index (κ2) is 12.3. The van der Waals surface area contributed by atoms with E-state index >= 15 is 0 Å².